The number of hydrogen-bond acceptors (Lipinski definition) is 6. The van der Waals surface area contributed by atoms with Crippen molar-refractivity contribution < 1.29 is 9.59 Å². The Labute approximate surface area is 133 Å². The first-order valence-electron chi connectivity index (χ1n) is 7.11. The maximum absolute atomic E-state index is 11.8. The van der Waals surface area contributed by atoms with Crippen LogP contribution in [0.4, 0.5) is 11.6 Å². The van der Waals surface area contributed by atoms with Crippen LogP contribution in [0.25, 0.3) is 0 Å². The van der Waals surface area contributed by atoms with Crippen LogP contribution >= 0.6 is 0 Å². The molecule has 0 bridgehead atoms. The topological polar surface area (TPSA) is 109 Å². The van der Waals surface area contributed by atoms with Crippen molar-refractivity contribution in [2.24, 2.45) is 0 Å². The van der Waals surface area contributed by atoms with Gasteiger partial charge in [-0.1, -0.05) is 6.07 Å². The van der Waals surface area contributed by atoms with E-state index >= 15 is 0 Å². The minimum Gasteiger partial charge on any atom is -0.368 e. The first kappa shape index (κ1) is 16.3. The van der Waals surface area contributed by atoms with E-state index in [1.54, 1.807) is 18.2 Å². The zero-order valence-corrected chi connectivity index (χ0v) is 13.0. The molecular weight excluding hydrogens is 296 g/mol. The summed E-state index contributed by atoms with van der Waals surface area (Å²) in [4.78, 5) is 27.4. The molecule has 0 atom stereocenters. The van der Waals surface area contributed by atoms with Gasteiger partial charge in [-0.15, -0.1) is 10.2 Å². The van der Waals surface area contributed by atoms with Gasteiger partial charge in [-0.25, -0.2) is 4.98 Å². The molecular formula is C15H18N6O2. The van der Waals surface area contributed by atoms with E-state index < -0.39 is 0 Å². The van der Waals surface area contributed by atoms with Gasteiger partial charge in [0, 0.05) is 25.7 Å². The highest BCUT2D eigenvalue weighted by atomic mass is 16.2. The number of rotatable bonds is 6. The molecule has 0 aromatic carbocycles. The summed E-state index contributed by atoms with van der Waals surface area (Å²) < 4.78 is 0. The predicted octanol–water partition coefficient (Wildman–Crippen LogP) is 0.980. The van der Waals surface area contributed by atoms with Gasteiger partial charge in [0.1, 0.15) is 11.6 Å². The summed E-state index contributed by atoms with van der Waals surface area (Å²) in [6.07, 6.45) is 0.258. The first-order chi connectivity index (χ1) is 11.1. The zero-order valence-electron chi connectivity index (χ0n) is 13.0. The van der Waals surface area contributed by atoms with E-state index in [1.165, 1.54) is 7.05 Å². The van der Waals surface area contributed by atoms with E-state index in [4.69, 9.17) is 0 Å². The molecule has 2 rings (SSSR count). The fraction of sp³-hybridized carbons (Fsp3) is 0.267. The first-order valence-corrected chi connectivity index (χ1v) is 7.11. The Morgan fingerprint density at radius 1 is 1.09 bits per heavy atom. The summed E-state index contributed by atoms with van der Waals surface area (Å²) in [6, 6.07) is 8.63. The predicted molar refractivity (Wildman–Crippen MR) is 86.1 cm³/mol. The number of anilines is 2. The number of nitrogens with one attached hydrogen (secondary N) is 3. The minimum atomic E-state index is -0.297. The SMILES string of the molecule is CNC(=O)c1ccc(NCCC(=O)Nc2cccc(C)n2)nn1. The maximum Gasteiger partial charge on any atom is 0.271 e. The van der Waals surface area contributed by atoms with Crippen LogP contribution in [0.5, 0.6) is 0 Å². The average molecular weight is 314 g/mol. The molecule has 0 fully saturated rings. The van der Waals surface area contributed by atoms with Crippen molar-refractivity contribution in [3.8, 4) is 0 Å². The van der Waals surface area contributed by atoms with Crippen LogP contribution in [-0.4, -0.2) is 40.6 Å². The van der Waals surface area contributed by atoms with Crippen LogP contribution in [0.3, 0.4) is 0 Å². The van der Waals surface area contributed by atoms with Crippen molar-refractivity contribution in [2.45, 2.75) is 13.3 Å². The van der Waals surface area contributed by atoms with Gasteiger partial charge in [0.2, 0.25) is 5.91 Å². The quantitative estimate of drug-likeness (QED) is 0.733. The molecule has 8 nitrogen and oxygen atoms in total. The lowest BCUT2D eigenvalue weighted by molar-refractivity contribution is -0.116. The van der Waals surface area contributed by atoms with Gasteiger partial charge in [0.05, 0.1) is 0 Å². The van der Waals surface area contributed by atoms with Gasteiger partial charge < -0.3 is 16.0 Å². The maximum atomic E-state index is 11.8. The molecule has 0 spiro atoms. The molecule has 0 aliphatic carbocycles. The number of hydrogen-bond donors (Lipinski definition) is 3. The molecule has 8 heteroatoms. The number of nitrogens with zero attached hydrogens (tertiary/aromatic N) is 3. The number of carbonyl (C=O) groups excluding carboxylic acids is 2. The Bertz CT molecular complexity index is 687. The monoisotopic (exact) mass is 314 g/mol. The van der Waals surface area contributed by atoms with E-state index in [9.17, 15) is 9.59 Å². The Morgan fingerprint density at radius 2 is 1.91 bits per heavy atom. The van der Waals surface area contributed by atoms with Crippen molar-refractivity contribution in [3.63, 3.8) is 0 Å². The molecule has 0 saturated heterocycles. The number of amides is 2. The van der Waals surface area contributed by atoms with Crippen molar-refractivity contribution in [1.82, 2.24) is 20.5 Å². The number of pyridine rings is 1. The zero-order chi connectivity index (χ0) is 16.7. The van der Waals surface area contributed by atoms with E-state index in [0.29, 0.717) is 18.2 Å². The van der Waals surface area contributed by atoms with Gasteiger partial charge in [0.25, 0.3) is 5.91 Å². The van der Waals surface area contributed by atoms with Crippen LogP contribution in [0.2, 0.25) is 0 Å². The molecule has 0 saturated carbocycles. The summed E-state index contributed by atoms with van der Waals surface area (Å²) >= 11 is 0. The second-order valence-electron chi connectivity index (χ2n) is 4.77. The Balaban J connectivity index is 1.78. The molecule has 2 amide bonds. The third-order valence-corrected chi connectivity index (χ3v) is 2.94. The molecule has 0 unspecified atom stereocenters. The van der Waals surface area contributed by atoms with Crippen LogP contribution in [0.15, 0.2) is 30.3 Å². The summed E-state index contributed by atoms with van der Waals surface area (Å²) in [7, 11) is 1.53. The lowest BCUT2D eigenvalue weighted by atomic mass is 10.3. The van der Waals surface area contributed by atoms with Gasteiger partial charge in [-0.2, -0.15) is 0 Å². The van der Waals surface area contributed by atoms with E-state index in [-0.39, 0.29) is 23.9 Å². The molecule has 0 radical (unpaired) electrons. The number of aryl methyl sites for hydroxylation is 1. The lowest BCUT2D eigenvalue weighted by Crippen LogP contribution is -2.20. The fourth-order valence-electron chi connectivity index (χ4n) is 1.80. The van der Waals surface area contributed by atoms with Crippen molar-refractivity contribution >= 4 is 23.5 Å². The Hall–Kier alpha value is -3.03. The standard InChI is InChI=1S/C15H18N6O2/c1-10-4-3-5-13(18-10)19-14(22)8-9-17-12-7-6-11(20-21-12)15(23)16-2/h3-7H,8-9H2,1-2H3,(H,16,23)(H,17,21)(H,18,19,22). The van der Waals surface area contributed by atoms with E-state index in [1.807, 2.05) is 19.1 Å². The van der Waals surface area contributed by atoms with Crippen molar-refractivity contribution in [3.05, 3.63) is 41.7 Å². The van der Waals surface area contributed by atoms with E-state index in [2.05, 4.69) is 31.1 Å². The van der Waals surface area contributed by atoms with Crippen molar-refractivity contribution in [1.29, 1.82) is 0 Å². The van der Waals surface area contributed by atoms with Crippen LogP contribution in [0.1, 0.15) is 22.6 Å². The highest BCUT2D eigenvalue weighted by molar-refractivity contribution is 5.92. The summed E-state index contributed by atoms with van der Waals surface area (Å²) in [5.41, 5.74) is 1.08. The smallest absolute Gasteiger partial charge is 0.271 e. The molecule has 3 N–H and O–H groups in total. The van der Waals surface area contributed by atoms with E-state index in [0.717, 1.165) is 5.69 Å². The van der Waals surface area contributed by atoms with Gasteiger partial charge in [-0.3, -0.25) is 9.59 Å². The molecule has 2 aromatic rings. The van der Waals surface area contributed by atoms with Gasteiger partial charge in [0.15, 0.2) is 5.69 Å². The third-order valence-electron chi connectivity index (χ3n) is 2.94. The van der Waals surface area contributed by atoms with Crippen molar-refractivity contribution in [2.75, 3.05) is 24.2 Å². The molecule has 2 aromatic heterocycles. The third kappa shape index (κ3) is 5.03. The molecule has 0 aliphatic heterocycles. The normalized spacial score (nSPS) is 10.0. The highest BCUT2D eigenvalue weighted by Crippen LogP contribution is 2.05. The molecule has 2 heterocycles. The average Bonchev–Trinajstić information content (AvgIpc) is 2.55. The van der Waals surface area contributed by atoms with Crippen LogP contribution in [0, 0.1) is 6.92 Å². The lowest BCUT2D eigenvalue weighted by Gasteiger charge is -2.07. The number of aromatic nitrogens is 3. The second kappa shape index (κ2) is 7.83. The largest absolute Gasteiger partial charge is 0.368 e. The summed E-state index contributed by atoms with van der Waals surface area (Å²) in [5, 5.41) is 15.8. The highest BCUT2D eigenvalue weighted by Gasteiger charge is 2.06. The fourth-order valence-corrected chi connectivity index (χ4v) is 1.80. The Kier molecular flexibility index (Phi) is 5.56. The van der Waals surface area contributed by atoms with Crippen LogP contribution < -0.4 is 16.0 Å². The Morgan fingerprint density at radius 3 is 2.57 bits per heavy atom. The molecule has 0 aliphatic rings. The molecule has 120 valence electrons. The summed E-state index contributed by atoms with van der Waals surface area (Å²) in [6.45, 7) is 2.25. The van der Waals surface area contributed by atoms with Crippen LogP contribution in [-0.2, 0) is 4.79 Å². The number of carbonyl (C=O) groups is 2. The van der Waals surface area contributed by atoms with Gasteiger partial charge >= 0.3 is 0 Å². The summed E-state index contributed by atoms with van der Waals surface area (Å²) in [5.74, 6) is 0.587. The minimum absolute atomic E-state index is 0.148. The second-order valence-corrected chi connectivity index (χ2v) is 4.77. The van der Waals surface area contributed by atoms with Gasteiger partial charge in [-0.05, 0) is 31.2 Å². The molecule has 23 heavy (non-hydrogen) atoms.